The van der Waals surface area contributed by atoms with Gasteiger partial charge < -0.3 is 4.90 Å². The van der Waals surface area contributed by atoms with Crippen LogP contribution >= 0.6 is 23.1 Å². The highest BCUT2D eigenvalue weighted by molar-refractivity contribution is 8.01. The molecule has 9 heteroatoms. The number of anilines is 1. The minimum Gasteiger partial charge on any atom is -0.309 e. The van der Waals surface area contributed by atoms with Crippen LogP contribution < -0.4 is 10.5 Å². The van der Waals surface area contributed by atoms with Crippen molar-refractivity contribution in [3.8, 4) is 0 Å². The summed E-state index contributed by atoms with van der Waals surface area (Å²) in [6.07, 6.45) is 1.11. The molecular weight excluding hydrogens is 346 g/mol. The number of aromatic nitrogens is 4. The van der Waals surface area contributed by atoms with E-state index in [9.17, 15) is 9.59 Å². The molecule has 1 amide bonds. The summed E-state index contributed by atoms with van der Waals surface area (Å²) in [6.45, 7) is 3.95. The van der Waals surface area contributed by atoms with E-state index in [0.717, 1.165) is 11.9 Å². The number of carbonyl (C=O) groups excluding carboxylic acids is 1. The highest BCUT2D eigenvalue weighted by atomic mass is 32.2. The van der Waals surface area contributed by atoms with Crippen LogP contribution in [0.4, 0.5) is 5.69 Å². The van der Waals surface area contributed by atoms with Crippen molar-refractivity contribution in [1.29, 1.82) is 0 Å². The number of thioether (sulfide) groups is 1. The molecule has 0 saturated heterocycles. The molecule has 0 radical (unpaired) electrons. The van der Waals surface area contributed by atoms with Gasteiger partial charge in [0.15, 0.2) is 4.34 Å². The number of nitrogens with zero attached hydrogens (tertiary/aromatic N) is 5. The number of rotatable bonds is 5. The highest BCUT2D eigenvalue weighted by Crippen LogP contribution is 2.25. The number of amides is 1. The van der Waals surface area contributed by atoms with Crippen molar-refractivity contribution in [3.63, 3.8) is 0 Å². The van der Waals surface area contributed by atoms with Gasteiger partial charge in [-0.2, -0.15) is 9.61 Å². The van der Waals surface area contributed by atoms with Gasteiger partial charge in [-0.3, -0.25) is 9.59 Å². The van der Waals surface area contributed by atoms with Crippen LogP contribution in [0.25, 0.3) is 4.96 Å². The molecule has 0 saturated carbocycles. The molecular formula is C15H15N5O2S2. The predicted molar refractivity (Wildman–Crippen MR) is 94.7 cm³/mol. The molecule has 0 atom stereocenters. The van der Waals surface area contributed by atoms with Gasteiger partial charge in [0.25, 0.3) is 5.56 Å². The molecule has 2 heterocycles. The topological polar surface area (TPSA) is 80.5 Å². The summed E-state index contributed by atoms with van der Waals surface area (Å²) >= 11 is 2.53. The Balaban J connectivity index is 1.75. The highest BCUT2D eigenvalue weighted by Gasteiger charge is 2.20. The summed E-state index contributed by atoms with van der Waals surface area (Å²) in [5.41, 5.74) is 0.534. The monoisotopic (exact) mass is 361 g/mol. The van der Waals surface area contributed by atoms with Gasteiger partial charge in [0.2, 0.25) is 10.9 Å². The maximum Gasteiger partial charge on any atom is 0.293 e. The second-order valence-corrected chi connectivity index (χ2v) is 7.41. The second-order valence-electron chi connectivity index (χ2n) is 5.23. The van der Waals surface area contributed by atoms with Crippen molar-refractivity contribution in [2.24, 2.45) is 0 Å². The number of hydrogen-bond acceptors (Lipinski definition) is 7. The molecule has 3 rings (SSSR count). The molecule has 1 aromatic carbocycles. The van der Waals surface area contributed by atoms with Crippen LogP contribution in [0, 0.1) is 0 Å². The third-order valence-corrected chi connectivity index (χ3v) is 5.22. The molecule has 0 fully saturated rings. The lowest BCUT2D eigenvalue weighted by Crippen LogP contribution is -2.38. The van der Waals surface area contributed by atoms with E-state index in [4.69, 9.17) is 0 Å². The van der Waals surface area contributed by atoms with E-state index in [1.54, 1.807) is 4.90 Å². The average Bonchev–Trinajstić information content (AvgIpc) is 2.98. The van der Waals surface area contributed by atoms with E-state index in [0.29, 0.717) is 9.30 Å². The quantitative estimate of drug-likeness (QED) is 0.647. The third kappa shape index (κ3) is 3.46. The first-order valence-corrected chi connectivity index (χ1v) is 9.08. The summed E-state index contributed by atoms with van der Waals surface area (Å²) in [4.78, 5) is 26.4. The first-order chi connectivity index (χ1) is 11.6. The van der Waals surface area contributed by atoms with Crippen LogP contribution in [0.5, 0.6) is 0 Å². The number of hydrogen-bond donors (Lipinski definition) is 0. The Morgan fingerprint density at radius 1 is 1.33 bits per heavy atom. The number of para-hydroxylation sites is 1. The molecule has 0 N–H and O–H groups in total. The van der Waals surface area contributed by atoms with Gasteiger partial charge in [-0.05, 0) is 26.0 Å². The predicted octanol–water partition coefficient (Wildman–Crippen LogP) is 2.08. The van der Waals surface area contributed by atoms with Crippen LogP contribution in [-0.4, -0.2) is 37.5 Å². The van der Waals surface area contributed by atoms with E-state index in [1.165, 1.54) is 27.6 Å². The summed E-state index contributed by atoms with van der Waals surface area (Å²) in [5.74, 6) is 0.216. The van der Waals surface area contributed by atoms with Crippen molar-refractivity contribution in [2.45, 2.75) is 24.2 Å². The summed E-state index contributed by atoms with van der Waals surface area (Å²) < 4.78 is 1.81. The Morgan fingerprint density at radius 3 is 2.75 bits per heavy atom. The van der Waals surface area contributed by atoms with E-state index < -0.39 is 0 Å². The molecule has 0 aliphatic rings. The molecule has 0 aliphatic heterocycles. The van der Waals surface area contributed by atoms with Crippen LogP contribution in [0.2, 0.25) is 0 Å². The maximum absolute atomic E-state index is 12.6. The zero-order chi connectivity index (χ0) is 17.1. The van der Waals surface area contributed by atoms with Gasteiger partial charge >= 0.3 is 0 Å². The van der Waals surface area contributed by atoms with Crippen LogP contribution in [0.3, 0.4) is 0 Å². The number of benzene rings is 1. The van der Waals surface area contributed by atoms with Gasteiger partial charge in [0.05, 0.1) is 5.75 Å². The fraction of sp³-hybridized carbons (Fsp3) is 0.267. The van der Waals surface area contributed by atoms with Crippen molar-refractivity contribution >= 4 is 39.7 Å². The zero-order valence-electron chi connectivity index (χ0n) is 13.1. The minimum atomic E-state index is -0.331. The van der Waals surface area contributed by atoms with Gasteiger partial charge in [0, 0.05) is 11.7 Å². The largest absolute Gasteiger partial charge is 0.309 e. The molecule has 24 heavy (non-hydrogen) atoms. The Labute approximate surface area is 146 Å². The summed E-state index contributed by atoms with van der Waals surface area (Å²) in [5, 5.41) is 11.6. The van der Waals surface area contributed by atoms with E-state index >= 15 is 0 Å². The Bertz CT molecular complexity index is 907. The minimum absolute atomic E-state index is 0.0149. The molecule has 124 valence electrons. The molecule has 7 nitrogen and oxygen atoms in total. The molecule has 0 bridgehead atoms. The lowest BCUT2D eigenvalue weighted by atomic mass is 10.2. The Hall–Kier alpha value is -2.26. The van der Waals surface area contributed by atoms with Gasteiger partial charge in [0.1, 0.15) is 6.20 Å². The normalized spacial score (nSPS) is 11.1. The fourth-order valence-corrected chi connectivity index (χ4v) is 3.97. The van der Waals surface area contributed by atoms with Crippen molar-refractivity contribution in [1.82, 2.24) is 19.8 Å². The fourth-order valence-electron chi connectivity index (χ4n) is 2.22. The average molecular weight is 361 g/mol. The van der Waals surface area contributed by atoms with Crippen molar-refractivity contribution in [2.75, 3.05) is 10.7 Å². The SMILES string of the molecule is CC(C)N(C(=O)CSc1nn2c(=O)cnnc2s1)c1ccccc1. The second kappa shape index (κ2) is 7.10. The molecule has 0 spiro atoms. The number of carbonyl (C=O) groups is 1. The number of fused-ring (bicyclic) bond motifs is 1. The van der Waals surface area contributed by atoms with Gasteiger partial charge in [-0.1, -0.05) is 41.3 Å². The lowest BCUT2D eigenvalue weighted by molar-refractivity contribution is -0.116. The zero-order valence-corrected chi connectivity index (χ0v) is 14.8. The molecule has 3 aromatic rings. The molecule has 0 unspecified atom stereocenters. The first-order valence-electron chi connectivity index (χ1n) is 7.27. The third-order valence-electron chi connectivity index (χ3n) is 3.20. The van der Waals surface area contributed by atoms with E-state index in [1.807, 2.05) is 44.2 Å². The standard InChI is InChI=1S/C15H15N5O2S2/c1-10(2)19(11-6-4-3-5-7-11)13(22)9-23-15-18-20-12(21)8-16-17-14(20)24-15/h3-8,10H,9H2,1-2H3. The lowest BCUT2D eigenvalue weighted by Gasteiger charge is -2.26. The van der Waals surface area contributed by atoms with Crippen molar-refractivity contribution < 1.29 is 4.79 Å². The first kappa shape index (κ1) is 16.6. The smallest absolute Gasteiger partial charge is 0.293 e. The summed E-state index contributed by atoms with van der Waals surface area (Å²) in [6, 6.07) is 9.60. The van der Waals surface area contributed by atoms with Gasteiger partial charge in [-0.25, -0.2) is 0 Å². The summed E-state index contributed by atoms with van der Waals surface area (Å²) in [7, 11) is 0. The molecule has 0 aliphatic carbocycles. The van der Waals surface area contributed by atoms with Crippen LogP contribution in [-0.2, 0) is 4.79 Å². The van der Waals surface area contributed by atoms with E-state index in [-0.39, 0.29) is 23.3 Å². The van der Waals surface area contributed by atoms with Crippen LogP contribution in [0.1, 0.15) is 13.8 Å². The van der Waals surface area contributed by atoms with Crippen molar-refractivity contribution in [3.05, 3.63) is 46.9 Å². The van der Waals surface area contributed by atoms with Gasteiger partial charge in [-0.15, -0.1) is 10.2 Å². The Morgan fingerprint density at radius 2 is 2.08 bits per heavy atom. The van der Waals surface area contributed by atoms with Crippen LogP contribution in [0.15, 0.2) is 45.7 Å². The molecule has 2 aromatic heterocycles. The Kier molecular flexibility index (Phi) is 4.91. The van der Waals surface area contributed by atoms with E-state index in [2.05, 4.69) is 15.3 Å². The maximum atomic E-state index is 12.6.